The Morgan fingerprint density at radius 3 is 2.24 bits per heavy atom. The monoisotopic (exact) mass is 385 g/mol. The topological polar surface area (TPSA) is 110 Å². The van der Waals surface area contributed by atoms with Gasteiger partial charge in [-0.2, -0.15) is 4.31 Å². The Hall–Kier alpha value is -1.75. The molecule has 1 aromatic heterocycles. The number of sulfonamides is 2. The fourth-order valence-corrected chi connectivity index (χ4v) is 5.14. The molecular weight excluding hydrogens is 366 g/mol. The summed E-state index contributed by atoms with van der Waals surface area (Å²) in [5, 5.41) is 3.72. The summed E-state index contributed by atoms with van der Waals surface area (Å²) in [4.78, 5) is 0.0913. The van der Waals surface area contributed by atoms with Crippen LogP contribution < -0.4 is 4.72 Å². The van der Waals surface area contributed by atoms with Crippen LogP contribution in [0.2, 0.25) is 0 Å². The summed E-state index contributed by atoms with van der Waals surface area (Å²) in [5.41, 5.74) is 0.467. The first-order valence-electron chi connectivity index (χ1n) is 7.81. The van der Waals surface area contributed by atoms with E-state index in [2.05, 4.69) is 9.88 Å². The van der Waals surface area contributed by atoms with Crippen molar-refractivity contribution in [1.82, 2.24) is 14.2 Å². The van der Waals surface area contributed by atoms with Gasteiger partial charge in [-0.25, -0.2) is 21.6 Å². The average Bonchev–Trinajstić information content (AvgIpc) is 3.25. The highest BCUT2D eigenvalue weighted by Gasteiger charge is 2.27. The molecule has 0 saturated carbocycles. The van der Waals surface area contributed by atoms with Crippen LogP contribution in [0.25, 0.3) is 0 Å². The normalized spacial score (nSPS) is 16.4. The summed E-state index contributed by atoms with van der Waals surface area (Å²) in [5.74, 6) is 0.589. The Balaban J connectivity index is 1.74. The van der Waals surface area contributed by atoms with Gasteiger partial charge < -0.3 is 4.52 Å². The maximum Gasteiger partial charge on any atom is 0.243 e. The summed E-state index contributed by atoms with van der Waals surface area (Å²) in [6.45, 7) is 2.71. The zero-order chi connectivity index (χ0) is 18.1. The lowest BCUT2D eigenvalue weighted by Crippen LogP contribution is -2.28. The fraction of sp³-hybridized carbons (Fsp3) is 0.400. The third kappa shape index (κ3) is 3.92. The van der Waals surface area contributed by atoms with E-state index in [0.29, 0.717) is 24.5 Å². The zero-order valence-corrected chi connectivity index (χ0v) is 15.3. The molecule has 10 heteroatoms. The molecule has 0 amide bonds. The molecule has 1 saturated heterocycles. The van der Waals surface area contributed by atoms with E-state index in [1.165, 1.54) is 28.6 Å². The molecule has 1 fully saturated rings. The first-order valence-corrected chi connectivity index (χ1v) is 10.7. The second-order valence-corrected chi connectivity index (χ2v) is 9.54. The van der Waals surface area contributed by atoms with Crippen LogP contribution in [0, 0.1) is 6.92 Å². The Kier molecular flexibility index (Phi) is 4.96. The van der Waals surface area contributed by atoms with Gasteiger partial charge in [-0.15, -0.1) is 0 Å². The van der Waals surface area contributed by atoms with Gasteiger partial charge in [0.05, 0.1) is 22.0 Å². The molecule has 1 aromatic carbocycles. The van der Waals surface area contributed by atoms with E-state index in [-0.39, 0.29) is 16.3 Å². The van der Waals surface area contributed by atoms with Gasteiger partial charge in [-0.1, -0.05) is 5.16 Å². The van der Waals surface area contributed by atoms with Gasteiger partial charge in [-0.3, -0.25) is 0 Å². The molecule has 8 nitrogen and oxygen atoms in total. The largest absolute Gasteiger partial charge is 0.361 e. The summed E-state index contributed by atoms with van der Waals surface area (Å²) in [6.07, 6.45) is 1.69. The van der Waals surface area contributed by atoms with E-state index in [1.807, 2.05) is 0 Å². The number of nitrogens with one attached hydrogen (secondary N) is 1. The minimum atomic E-state index is -3.77. The van der Waals surface area contributed by atoms with Gasteiger partial charge in [0.15, 0.2) is 0 Å². The smallest absolute Gasteiger partial charge is 0.243 e. The molecular formula is C15H19N3O5S2. The van der Waals surface area contributed by atoms with Crippen molar-refractivity contribution in [1.29, 1.82) is 0 Å². The quantitative estimate of drug-likeness (QED) is 0.801. The number of aryl methyl sites for hydroxylation is 1. The molecule has 0 aliphatic carbocycles. The van der Waals surface area contributed by atoms with Crippen molar-refractivity contribution < 1.29 is 21.4 Å². The minimum absolute atomic E-state index is 0.00640. The molecule has 0 unspecified atom stereocenters. The van der Waals surface area contributed by atoms with Crippen LogP contribution in [0.3, 0.4) is 0 Å². The molecule has 2 aromatic rings. The second-order valence-electron chi connectivity index (χ2n) is 5.84. The van der Waals surface area contributed by atoms with Crippen LogP contribution in [0.5, 0.6) is 0 Å². The Bertz CT molecular complexity index is 943. The lowest BCUT2D eigenvalue weighted by Gasteiger charge is -2.15. The fourth-order valence-electron chi connectivity index (χ4n) is 2.62. The highest BCUT2D eigenvalue weighted by atomic mass is 32.2. The van der Waals surface area contributed by atoms with Crippen molar-refractivity contribution in [2.24, 2.45) is 0 Å². The van der Waals surface area contributed by atoms with Crippen LogP contribution in [0.4, 0.5) is 0 Å². The predicted molar refractivity (Wildman–Crippen MR) is 89.7 cm³/mol. The molecule has 3 rings (SSSR count). The van der Waals surface area contributed by atoms with Gasteiger partial charge in [0.1, 0.15) is 5.76 Å². The van der Waals surface area contributed by atoms with Crippen molar-refractivity contribution >= 4 is 20.0 Å². The lowest BCUT2D eigenvalue weighted by molar-refractivity contribution is 0.390. The molecule has 1 N–H and O–H groups in total. The first kappa shape index (κ1) is 18.1. The molecule has 136 valence electrons. The third-order valence-electron chi connectivity index (χ3n) is 3.96. The lowest BCUT2D eigenvalue weighted by atomic mass is 10.4. The average molecular weight is 385 g/mol. The highest BCUT2D eigenvalue weighted by Crippen LogP contribution is 2.22. The highest BCUT2D eigenvalue weighted by molar-refractivity contribution is 7.89. The van der Waals surface area contributed by atoms with Gasteiger partial charge in [0, 0.05) is 19.2 Å². The third-order valence-corrected chi connectivity index (χ3v) is 7.29. The SMILES string of the molecule is Cc1cc(CNS(=O)(=O)c2ccc(S(=O)(=O)N3CCCC3)cc2)no1. The minimum Gasteiger partial charge on any atom is -0.361 e. The molecule has 0 radical (unpaired) electrons. The molecule has 2 heterocycles. The van der Waals surface area contributed by atoms with E-state index in [9.17, 15) is 16.8 Å². The summed E-state index contributed by atoms with van der Waals surface area (Å²) < 4.78 is 58.2. The number of benzene rings is 1. The van der Waals surface area contributed by atoms with Crippen LogP contribution in [0.1, 0.15) is 24.3 Å². The maximum atomic E-state index is 12.5. The summed E-state index contributed by atoms with van der Waals surface area (Å²) in [7, 11) is -7.33. The number of hydrogen-bond acceptors (Lipinski definition) is 6. The molecule has 0 spiro atoms. The van der Waals surface area contributed by atoms with E-state index in [0.717, 1.165) is 12.8 Å². The van der Waals surface area contributed by atoms with Crippen molar-refractivity contribution in [3.8, 4) is 0 Å². The van der Waals surface area contributed by atoms with Crippen LogP contribution >= 0.6 is 0 Å². The predicted octanol–water partition coefficient (Wildman–Crippen LogP) is 1.25. The second kappa shape index (κ2) is 6.87. The number of nitrogens with zero attached hydrogens (tertiary/aromatic N) is 2. The number of rotatable bonds is 6. The Labute approximate surface area is 146 Å². The first-order chi connectivity index (χ1) is 11.8. The van der Waals surface area contributed by atoms with Crippen molar-refractivity contribution in [2.75, 3.05) is 13.1 Å². The van der Waals surface area contributed by atoms with E-state index in [4.69, 9.17) is 4.52 Å². The van der Waals surface area contributed by atoms with Gasteiger partial charge >= 0.3 is 0 Å². The van der Waals surface area contributed by atoms with Gasteiger partial charge in [0.25, 0.3) is 0 Å². The van der Waals surface area contributed by atoms with Gasteiger partial charge in [-0.05, 0) is 44.0 Å². The number of hydrogen-bond donors (Lipinski definition) is 1. The maximum absolute atomic E-state index is 12.5. The summed E-state index contributed by atoms with van der Waals surface area (Å²) in [6, 6.07) is 6.86. The van der Waals surface area contributed by atoms with E-state index >= 15 is 0 Å². The zero-order valence-electron chi connectivity index (χ0n) is 13.7. The number of aromatic nitrogens is 1. The molecule has 1 aliphatic heterocycles. The van der Waals surface area contributed by atoms with Gasteiger partial charge in [0.2, 0.25) is 20.0 Å². The van der Waals surface area contributed by atoms with Crippen LogP contribution in [-0.2, 0) is 26.6 Å². The van der Waals surface area contributed by atoms with Crippen LogP contribution in [0.15, 0.2) is 44.6 Å². The molecule has 1 aliphatic rings. The van der Waals surface area contributed by atoms with Crippen molar-refractivity contribution in [2.45, 2.75) is 36.1 Å². The van der Waals surface area contributed by atoms with Crippen LogP contribution in [-0.4, -0.2) is 39.4 Å². The van der Waals surface area contributed by atoms with Crippen molar-refractivity contribution in [3.63, 3.8) is 0 Å². The van der Waals surface area contributed by atoms with Crippen molar-refractivity contribution in [3.05, 3.63) is 41.8 Å². The molecule has 25 heavy (non-hydrogen) atoms. The Morgan fingerprint density at radius 2 is 1.68 bits per heavy atom. The van der Waals surface area contributed by atoms with E-state index in [1.54, 1.807) is 13.0 Å². The summed E-state index contributed by atoms with van der Waals surface area (Å²) >= 11 is 0. The van der Waals surface area contributed by atoms with E-state index < -0.39 is 20.0 Å². The molecule has 0 atom stereocenters. The Morgan fingerprint density at radius 1 is 1.08 bits per heavy atom. The molecule has 0 bridgehead atoms. The standard InChI is InChI=1S/C15H19N3O5S2/c1-12-10-13(17-23-12)11-16-24(19,20)14-4-6-15(7-5-14)25(21,22)18-8-2-3-9-18/h4-7,10,16H,2-3,8-9,11H2,1H3.